The third-order valence-electron chi connectivity index (χ3n) is 9.42. The van der Waals surface area contributed by atoms with Crippen LogP contribution in [-0.4, -0.2) is 51.9 Å². The van der Waals surface area contributed by atoms with Gasteiger partial charge in [0.25, 0.3) is 10.0 Å². The summed E-state index contributed by atoms with van der Waals surface area (Å²) in [6, 6.07) is 15.2. The molecule has 5 aliphatic rings. The SMILES string of the molecule is CC1(C)CCC(CN2CCN(c3ccc(S(=O)(=O)NC(=O)C45CC(C4)C5)cc3)CC2)=C(c2ccc(Cl)cc2)C1. The summed E-state index contributed by atoms with van der Waals surface area (Å²) in [5, 5.41) is 0.771. The summed E-state index contributed by atoms with van der Waals surface area (Å²) in [5.41, 5.74) is 5.20. The van der Waals surface area contributed by atoms with Crippen molar-refractivity contribution >= 4 is 38.8 Å². The highest BCUT2D eigenvalue weighted by atomic mass is 35.5. The van der Waals surface area contributed by atoms with Gasteiger partial charge in [-0.3, -0.25) is 9.69 Å². The smallest absolute Gasteiger partial charge is 0.264 e. The van der Waals surface area contributed by atoms with Crippen molar-refractivity contribution in [2.75, 3.05) is 37.6 Å². The Morgan fingerprint density at radius 3 is 2.21 bits per heavy atom. The first-order valence-corrected chi connectivity index (χ1v) is 16.0. The maximum absolute atomic E-state index is 12.8. The van der Waals surface area contributed by atoms with Crippen LogP contribution in [0.5, 0.6) is 0 Å². The van der Waals surface area contributed by atoms with Crippen LogP contribution in [0.4, 0.5) is 5.69 Å². The van der Waals surface area contributed by atoms with Gasteiger partial charge in [-0.15, -0.1) is 0 Å². The standard InChI is InChI=1S/C31H38ClN3O3S/c1-30(2)12-11-24(28(20-30)23-3-5-25(32)6-4-23)21-34-13-15-35(16-14-34)26-7-9-27(10-8-26)39(37,38)33-29(36)31-17-22(18-31)19-31/h3-10,22H,11-21H2,1-2H3,(H,33,36). The molecule has 1 saturated heterocycles. The van der Waals surface area contributed by atoms with Crippen LogP contribution in [0.2, 0.25) is 5.02 Å². The lowest BCUT2D eigenvalue weighted by atomic mass is 9.44. The Labute approximate surface area is 237 Å². The number of piperazine rings is 1. The third kappa shape index (κ3) is 5.38. The Morgan fingerprint density at radius 1 is 0.974 bits per heavy atom. The van der Waals surface area contributed by atoms with E-state index in [1.54, 1.807) is 17.7 Å². The number of carbonyl (C=O) groups excluding carboxylic acids is 1. The Hall–Kier alpha value is -2.35. The lowest BCUT2D eigenvalue weighted by Gasteiger charge is -2.59. The number of carbonyl (C=O) groups is 1. The van der Waals surface area contributed by atoms with Gasteiger partial charge in [-0.1, -0.05) is 43.2 Å². The number of amides is 1. The second-order valence-corrected chi connectivity index (χ2v) is 15.0. The van der Waals surface area contributed by atoms with Gasteiger partial charge in [-0.2, -0.15) is 0 Å². The highest BCUT2D eigenvalue weighted by Crippen LogP contribution is 2.64. The van der Waals surface area contributed by atoms with E-state index in [-0.39, 0.29) is 10.8 Å². The average Bonchev–Trinajstić information content (AvgIpc) is 2.84. The van der Waals surface area contributed by atoms with E-state index in [2.05, 4.69) is 40.5 Å². The zero-order chi connectivity index (χ0) is 27.4. The fourth-order valence-corrected chi connectivity index (χ4v) is 7.98. The molecule has 4 aliphatic carbocycles. The minimum Gasteiger partial charge on any atom is -0.369 e. The van der Waals surface area contributed by atoms with Crippen molar-refractivity contribution in [2.24, 2.45) is 16.7 Å². The van der Waals surface area contributed by atoms with E-state index in [1.165, 1.54) is 17.6 Å². The topological polar surface area (TPSA) is 69.7 Å². The number of nitrogens with zero attached hydrogens (tertiary/aromatic N) is 2. The summed E-state index contributed by atoms with van der Waals surface area (Å²) in [6.07, 6.45) is 5.90. The first-order valence-electron chi connectivity index (χ1n) is 14.1. The summed E-state index contributed by atoms with van der Waals surface area (Å²) in [4.78, 5) is 17.5. The Balaban J connectivity index is 1.08. The first kappa shape index (κ1) is 26.9. The average molecular weight is 568 g/mol. The van der Waals surface area contributed by atoms with Crippen molar-refractivity contribution in [2.45, 2.75) is 57.3 Å². The zero-order valence-corrected chi connectivity index (χ0v) is 24.5. The van der Waals surface area contributed by atoms with Gasteiger partial charge in [0.1, 0.15) is 0 Å². The van der Waals surface area contributed by atoms with E-state index >= 15 is 0 Å². The van der Waals surface area contributed by atoms with Gasteiger partial charge in [-0.25, -0.2) is 13.1 Å². The lowest BCUT2D eigenvalue weighted by molar-refractivity contribution is -0.162. The predicted octanol–water partition coefficient (Wildman–Crippen LogP) is 5.73. The maximum Gasteiger partial charge on any atom is 0.264 e. The molecule has 2 bridgehead atoms. The van der Waals surface area contributed by atoms with Crippen LogP contribution < -0.4 is 9.62 Å². The van der Waals surface area contributed by atoms with Gasteiger partial charge in [0.15, 0.2) is 0 Å². The quantitative estimate of drug-likeness (QED) is 0.463. The highest BCUT2D eigenvalue weighted by molar-refractivity contribution is 7.90. The molecule has 0 atom stereocenters. The van der Waals surface area contributed by atoms with Gasteiger partial charge < -0.3 is 4.90 Å². The monoisotopic (exact) mass is 567 g/mol. The van der Waals surface area contributed by atoms with Gasteiger partial charge in [0.2, 0.25) is 5.91 Å². The van der Waals surface area contributed by atoms with Crippen molar-refractivity contribution in [1.82, 2.24) is 9.62 Å². The molecule has 1 aliphatic heterocycles. The number of sulfonamides is 1. The van der Waals surface area contributed by atoms with Crippen LogP contribution >= 0.6 is 11.6 Å². The van der Waals surface area contributed by atoms with E-state index in [0.717, 1.165) is 75.5 Å². The lowest BCUT2D eigenvalue weighted by Crippen LogP contribution is -2.61. The molecule has 1 amide bonds. The van der Waals surface area contributed by atoms with E-state index in [0.29, 0.717) is 11.3 Å². The predicted molar refractivity (Wildman–Crippen MR) is 156 cm³/mol. The number of benzene rings is 2. The largest absolute Gasteiger partial charge is 0.369 e. The van der Waals surface area contributed by atoms with Crippen LogP contribution in [0.15, 0.2) is 59.0 Å². The Morgan fingerprint density at radius 2 is 1.62 bits per heavy atom. The summed E-state index contributed by atoms with van der Waals surface area (Å²) < 4.78 is 27.9. The molecule has 4 fully saturated rings. The van der Waals surface area contributed by atoms with Crippen molar-refractivity contribution in [3.8, 4) is 0 Å². The first-order chi connectivity index (χ1) is 18.5. The molecule has 8 heteroatoms. The molecular formula is C31H38ClN3O3S. The molecular weight excluding hydrogens is 530 g/mol. The minimum atomic E-state index is -3.84. The molecule has 7 rings (SSSR count). The Bertz CT molecular complexity index is 1370. The number of anilines is 1. The number of allylic oxidation sites excluding steroid dienone is 1. The van der Waals surface area contributed by atoms with Crippen LogP contribution in [0.1, 0.15) is 57.9 Å². The van der Waals surface area contributed by atoms with Gasteiger partial charge in [0, 0.05) is 43.4 Å². The molecule has 1 N–H and O–H groups in total. The van der Waals surface area contributed by atoms with Gasteiger partial charge >= 0.3 is 0 Å². The fraction of sp³-hybridized carbons (Fsp3) is 0.516. The summed E-state index contributed by atoms with van der Waals surface area (Å²) in [5.74, 6) is 0.288. The molecule has 0 aromatic heterocycles. The molecule has 6 nitrogen and oxygen atoms in total. The number of nitrogens with one attached hydrogen (secondary N) is 1. The van der Waals surface area contributed by atoms with E-state index in [4.69, 9.17) is 11.6 Å². The van der Waals surface area contributed by atoms with Crippen molar-refractivity contribution in [3.05, 3.63) is 64.7 Å². The summed E-state index contributed by atoms with van der Waals surface area (Å²) >= 11 is 6.16. The third-order valence-corrected chi connectivity index (χ3v) is 11.0. The van der Waals surface area contributed by atoms with Crippen molar-refractivity contribution in [3.63, 3.8) is 0 Å². The van der Waals surface area contributed by atoms with Gasteiger partial charge in [0.05, 0.1) is 10.3 Å². The van der Waals surface area contributed by atoms with Crippen LogP contribution in [0.3, 0.4) is 0 Å². The van der Waals surface area contributed by atoms with E-state index in [9.17, 15) is 13.2 Å². The van der Waals surface area contributed by atoms with Crippen molar-refractivity contribution in [1.29, 1.82) is 0 Å². The second-order valence-electron chi connectivity index (χ2n) is 12.9. The molecule has 0 radical (unpaired) electrons. The van der Waals surface area contributed by atoms with E-state index in [1.807, 2.05) is 24.3 Å². The van der Waals surface area contributed by atoms with Gasteiger partial charge in [-0.05, 0) is 97.4 Å². The fourth-order valence-electron chi connectivity index (χ4n) is 6.78. The molecule has 0 spiro atoms. The molecule has 39 heavy (non-hydrogen) atoms. The normalized spacial score (nSPS) is 26.5. The second kappa shape index (κ2) is 9.93. The number of halogens is 1. The zero-order valence-electron chi connectivity index (χ0n) is 22.9. The molecule has 208 valence electrons. The Kier molecular flexibility index (Phi) is 6.84. The maximum atomic E-state index is 12.8. The molecule has 2 aromatic rings. The molecule has 3 saturated carbocycles. The molecule has 0 unspecified atom stereocenters. The summed E-state index contributed by atoms with van der Waals surface area (Å²) in [6.45, 7) is 9.41. The highest BCUT2D eigenvalue weighted by Gasteiger charge is 2.61. The van der Waals surface area contributed by atoms with Crippen LogP contribution in [0, 0.1) is 16.7 Å². The molecule has 1 heterocycles. The number of hydrogen-bond donors (Lipinski definition) is 1. The summed E-state index contributed by atoms with van der Waals surface area (Å²) in [7, 11) is -3.84. The van der Waals surface area contributed by atoms with Crippen LogP contribution in [0.25, 0.3) is 5.57 Å². The molecule has 2 aromatic carbocycles. The minimum absolute atomic E-state index is 0.145. The van der Waals surface area contributed by atoms with E-state index < -0.39 is 15.4 Å². The number of rotatable bonds is 7. The van der Waals surface area contributed by atoms with Crippen molar-refractivity contribution < 1.29 is 13.2 Å². The van der Waals surface area contributed by atoms with Crippen LogP contribution in [-0.2, 0) is 14.8 Å². The number of hydrogen-bond acceptors (Lipinski definition) is 5.